The Kier molecular flexibility index (Phi) is 8.26. The molecule has 2 rings (SSSR count). The molecule has 0 saturated heterocycles. The van der Waals surface area contributed by atoms with E-state index in [-0.39, 0.29) is 18.5 Å². The van der Waals surface area contributed by atoms with Crippen LogP contribution in [0, 0.1) is 0 Å². The summed E-state index contributed by atoms with van der Waals surface area (Å²) in [6, 6.07) is 15.7. The SMILES string of the molecule is CC.CC(C)OC(=O)Cc1ccccc1OC(=O)c1ccccc1. The highest BCUT2D eigenvalue weighted by molar-refractivity contribution is 5.91. The lowest BCUT2D eigenvalue weighted by molar-refractivity contribution is -0.146. The van der Waals surface area contributed by atoms with Crippen molar-refractivity contribution in [3.05, 3.63) is 65.7 Å². The molecule has 0 radical (unpaired) electrons. The van der Waals surface area contributed by atoms with Crippen molar-refractivity contribution in [1.82, 2.24) is 0 Å². The zero-order valence-corrected chi connectivity index (χ0v) is 14.6. The Labute approximate surface area is 143 Å². The second-order valence-corrected chi connectivity index (χ2v) is 5.08. The predicted octanol–water partition coefficient (Wildman–Crippen LogP) is 4.43. The van der Waals surface area contributed by atoms with E-state index in [0.29, 0.717) is 16.9 Å². The first-order valence-corrected chi connectivity index (χ1v) is 8.11. The number of para-hydroxylation sites is 1. The smallest absolute Gasteiger partial charge is 0.343 e. The molecule has 2 aromatic carbocycles. The summed E-state index contributed by atoms with van der Waals surface area (Å²) in [4.78, 5) is 23.9. The summed E-state index contributed by atoms with van der Waals surface area (Å²) >= 11 is 0. The molecule has 0 atom stereocenters. The predicted molar refractivity (Wildman–Crippen MR) is 94.1 cm³/mol. The summed E-state index contributed by atoms with van der Waals surface area (Å²) in [7, 11) is 0. The molecule has 0 amide bonds. The molecule has 4 nitrogen and oxygen atoms in total. The number of ether oxygens (including phenoxy) is 2. The van der Waals surface area contributed by atoms with Gasteiger partial charge in [0, 0.05) is 5.56 Å². The number of carbonyl (C=O) groups excluding carboxylic acids is 2. The normalized spacial score (nSPS) is 9.71. The fraction of sp³-hybridized carbons (Fsp3) is 0.300. The van der Waals surface area contributed by atoms with Gasteiger partial charge in [-0.25, -0.2) is 4.79 Å². The van der Waals surface area contributed by atoms with Crippen molar-refractivity contribution >= 4 is 11.9 Å². The molecule has 2 aromatic rings. The third-order valence-electron chi connectivity index (χ3n) is 2.89. The van der Waals surface area contributed by atoms with Gasteiger partial charge in [-0.15, -0.1) is 0 Å². The Morgan fingerprint density at radius 1 is 0.917 bits per heavy atom. The van der Waals surface area contributed by atoms with E-state index >= 15 is 0 Å². The van der Waals surface area contributed by atoms with Crippen molar-refractivity contribution in [3.63, 3.8) is 0 Å². The molecule has 0 bridgehead atoms. The lowest BCUT2D eigenvalue weighted by atomic mass is 10.1. The third-order valence-corrected chi connectivity index (χ3v) is 2.89. The molecule has 0 spiro atoms. The van der Waals surface area contributed by atoms with E-state index in [4.69, 9.17) is 9.47 Å². The molecular weight excluding hydrogens is 304 g/mol. The molecule has 0 unspecified atom stereocenters. The van der Waals surface area contributed by atoms with Crippen molar-refractivity contribution in [3.8, 4) is 5.75 Å². The van der Waals surface area contributed by atoms with E-state index in [1.807, 2.05) is 19.9 Å². The van der Waals surface area contributed by atoms with Crippen molar-refractivity contribution in [2.45, 2.75) is 40.2 Å². The minimum atomic E-state index is -0.453. The molecule has 0 fully saturated rings. The van der Waals surface area contributed by atoms with Crippen LogP contribution in [0.15, 0.2) is 54.6 Å². The molecule has 0 saturated carbocycles. The summed E-state index contributed by atoms with van der Waals surface area (Å²) in [5.41, 5.74) is 1.08. The van der Waals surface area contributed by atoms with Crippen LogP contribution in [0.1, 0.15) is 43.6 Å². The van der Waals surface area contributed by atoms with Crippen LogP contribution in [-0.4, -0.2) is 18.0 Å². The largest absolute Gasteiger partial charge is 0.463 e. The fourth-order valence-corrected chi connectivity index (χ4v) is 1.94. The Hall–Kier alpha value is -2.62. The van der Waals surface area contributed by atoms with Crippen LogP contribution < -0.4 is 4.74 Å². The van der Waals surface area contributed by atoms with Gasteiger partial charge in [-0.2, -0.15) is 0 Å². The highest BCUT2D eigenvalue weighted by Crippen LogP contribution is 2.20. The first kappa shape index (κ1) is 19.4. The minimum Gasteiger partial charge on any atom is -0.463 e. The number of esters is 2. The second kappa shape index (κ2) is 10.2. The highest BCUT2D eigenvalue weighted by atomic mass is 16.5. The lowest BCUT2D eigenvalue weighted by Crippen LogP contribution is -2.15. The zero-order chi connectivity index (χ0) is 17.9. The maximum atomic E-state index is 12.1. The maximum absolute atomic E-state index is 12.1. The lowest BCUT2D eigenvalue weighted by Gasteiger charge is -2.11. The van der Waals surface area contributed by atoms with Crippen LogP contribution in [0.2, 0.25) is 0 Å². The molecule has 128 valence electrons. The van der Waals surface area contributed by atoms with Gasteiger partial charge in [0.15, 0.2) is 0 Å². The van der Waals surface area contributed by atoms with Gasteiger partial charge in [-0.1, -0.05) is 50.2 Å². The van der Waals surface area contributed by atoms with Crippen molar-refractivity contribution in [1.29, 1.82) is 0 Å². The zero-order valence-electron chi connectivity index (χ0n) is 14.6. The third kappa shape index (κ3) is 6.24. The molecule has 0 N–H and O–H groups in total. The first-order chi connectivity index (χ1) is 11.6. The van der Waals surface area contributed by atoms with Crippen LogP contribution in [0.25, 0.3) is 0 Å². The van der Waals surface area contributed by atoms with Gasteiger partial charge in [0.1, 0.15) is 5.75 Å². The topological polar surface area (TPSA) is 52.6 Å². The molecule has 4 heteroatoms. The molecule has 0 aliphatic heterocycles. The van der Waals surface area contributed by atoms with Crippen LogP contribution in [0.4, 0.5) is 0 Å². The molecule has 0 aliphatic rings. The van der Waals surface area contributed by atoms with Crippen molar-refractivity contribution in [2.24, 2.45) is 0 Å². The van der Waals surface area contributed by atoms with E-state index in [9.17, 15) is 9.59 Å². The van der Waals surface area contributed by atoms with E-state index in [1.54, 1.807) is 62.4 Å². The van der Waals surface area contributed by atoms with Crippen LogP contribution in [0.5, 0.6) is 5.75 Å². The van der Waals surface area contributed by atoms with Gasteiger partial charge in [0.25, 0.3) is 0 Å². The quantitative estimate of drug-likeness (QED) is 0.602. The molecule has 0 heterocycles. The van der Waals surface area contributed by atoms with Gasteiger partial charge in [0.2, 0.25) is 0 Å². The van der Waals surface area contributed by atoms with E-state index in [0.717, 1.165) is 0 Å². The Morgan fingerprint density at radius 3 is 2.12 bits per heavy atom. The second-order valence-electron chi connectivity index (χ2n) is 5.08. The van der Waals surface area contributed by atoms with Gasteiger partial charge >= 0.3 is 11.9 Å². The number of benzene rings is 2. The van der Waals surface area contributed by atoms with E-state index < -0.39 is 5.97 Å². The number of carbonyl (C=O) groups is 2. The summed E-state index contributed by atoms with van der Waals surface area (Å²) in [6.45, 7) is 7.58. The first-order valence-electron chi connectivity index (χ1n) is 8.11. The Bertz CT molecular complexity index is 648. The summed E-state index contributed by atoms with van der Waals surface area (Å²) in [6.07, 6.45) is -0.109. The number of hydrogen-bond acceptors (Lipinski definition) is 4. The van der Waals surface area contributed by atoms with E-state index in [1.165, 1.54) is 0 Å². The van der Waals surface area contributed by atoms with Crippen LogP contribution in [0.3, 0.4) is 0 Å². The van der Waals surface area contributed by atoms with E-state index in [2.05, 4.69) is 0 Å². The number of hydrogen-bond donors (Lipinski definition) is 0. The maximum Gasteiger partial charge on any atom is 0.343 e. The van der Waals surface area contributed by atoms with Gasteiger partial charge in [-0.05, 0) is 32.0 Å². The van der Waals surface area contributed by atoms with Crippen LogP contribution >= 0.6 is 0 Å². The number of rotatable bonds is 5. The van der Waals surface area contributed by atoms with Crippen LogP contribution in [-0.2, 0) is 16.0 Å². The van der Waals surface area contributed by atoms with Crippen molar-refractivity contribution < 1.29 is 19.1 Å². The average Bonchev–Trinajstić information content (AvgIpc) is 2.58. The standard InChI is InChI=1S/C18H18O4.C2H6/c1-13(2)21-17(19)12-15-10-6-7-11-16(15)22-18(20)14-8-4-3-5-9-14;1-2/h3-11,13H,12H2,1-2H3;1-2H3. The minimum absolute atomic E-state index is 0.0659. The average molecular weight is 328 g/mol. The fourth-order valence-electron chi connectivity index (χ4n) is 1.94. The summed E-state index contributed by atoms with van der Waals surface area (Å²) in [5.74, 6) is -0.430. The molecule has 0 aliphatic carbocycles. The monoisotopic (exact) mass is 328 g/mol. The Balaban J connectivity index is 0.00000139. The Morgan fingerprint density at radius 2 is 1.50 bits per heavy atom. The van der Waals surface area contributed by atoms with Gasteiger partial charge in [-0.3, -0.25) is 4.79 Å². The van der Waals surface area contributed by atoms with Gasteiger partial charge in [0.05, 0.1) is 18.1 Å². The highest BCUT2D eigenvalue weighted by Gasteiger charge is 2.14. The molecular formula is C20H24O4. The summed E-state index contributed by atoms with van der Waals surface area (Å²) in [5, 5.41) is 0. The summed E-state index contributed by atoms with van der Waals surface area (Å²) < 4.78 is 10.5. The van der Waals surface area contributed by atoms with Gasteiger partial charge < -0.3 is 9.47 Å². The molecule has 0 aromatic heterocycles. The molecule has 24 heavy (non-hydrogen) atoms. The van der Waals surface area contributed by atoms with Crippen molar-refractivity contribution in [2.75, 3.05) is 0 Å².